The Morgan fingerprint density at radius 1 is 1.22 bits per heavy atom. The number of benzene rings is 1. The van der Waals surface area contributed by atoms with Gasteiger partial charge in [0.15, 0.2) is 9.84 Å². The van der Waals surface area contributed by atoms with Crippen LogP contribution >= 0.6 is 0 Å². The summed E-state index contributed by atoms with van der Waals surface area (Å²) in [5.41, 5.74) is -0.900. The van der Waals surface area contributed by atoms with E-state index in [4.69, 9.17) is 0 Å². The third kappa shape index (κ3) is 4.45. The summed E-state index contributed by atoms with van der Waals surface area (Å²) < 4.78 is 86.5. The molecule has 0 aromatic heterocycles. The third-order valence-electron chi connectivity index (χ3n) is 3.71. The normalized spacial score (nSPS) is 20.8. The van der Waals surface area contributed by atoms with Crippen LogP contribution in [0.1, 0.15) is 17.5 Å². The number of halogens is 3. The second-order valence-electron chi connectivity index (χ2n) is 5.55. The summed E-state index contributed by atoms with van der Waals surface area (Å²) >= 11 is 0. The van der Waals surface area contributed by atoms with Crippen molar-refractivity contribution in [3.05, 3.63) is 35.4 Å². The second-order valence-corrected chi connectivity index (χ2v) is 9.85. The maximum atomic E-state index is 12.7. The first-order chi connectivity index (χ1) is 10.4. The van der Waals surface area contributed by atoms with Crippen LogP contribution in [0.4, 0.5) is 13.2 Å². The molecule has 1 aromatic carbocycles. The number of hydrogen-bond acceptors (Lipinski definition) is 4. The Hall–Kier alpha value is -1.13. The van der Waals surface area contributed by atoms with Gasteiger partial charge in [-0.05, 0) is 18.1 Å². The molecule has 23 heavy (non-hydrogen) atoms. The lowest BCUT2D eigenvalue weighted by Crippen LogP contribution is -2.32. The maximum Gasteiger partial charge on any atom is 0.416 e. The highest BCUT2D eigenvalue weighted by Crippen LogP contribution is 2.30. The number of nitrogens with zero attached hydrogens (tertiary/aromatic N) is 1. The molecular weight excluding hydrogens is 355 g/mol. The molecule has 1 aromatic rings. The topological polar surface area (TPSA) is 71.5 Å². The molecule has 0 spiro atoms. The van der Waals surface area contributed by atoms with E-state index in [-0.39, 0.29) is 25.1 Å². The molecule has 1 atom stereocenters. The zero-order chi connectivity index (χ0) is 17.5. The lowest BCUT2D eigenvalue weighted by atomic mass is 10.1. The monoisotopic (exact) mass is 371 g/mol. The van der Waals surface area contributed by atoms with Crippen LogP contribution in [0.5, 0.6) is 0 Å². The van der Waals surface area contributed by atoms with Gasteiger partial charge in [-0.15, -0.1) is 0 Å². The number of sulfone groups is 1. The van der Waals surface area contributed by atoms with E-state index in [0.29, 0.717) is 0 Å². The first-order valence-electron chi connectivity index (χ1n) is 6.72. The van der Waals surface area contributed by atoms with Crippen molar-refractivity contribution in [2.75, 3.05) is 19.3 Å². The molecule has 0 N–H and O–H groups in total. The van der Waals surface area contributed by atoms with Crippen molar-refractivity contribution in [2.45, 2.75) is 23.6 Å². The van der Waals surface area contributed by atoms with Gasteiger partial charge in [0, 0.05) is 19.3 Å². The zero-order valence-electron chi connectivity index (χ0n) is 12.2. The molecule has 1 aliphatic heterocycles. The summed E-state index contributed by atoms with van der Waals surface area (Å²) in [4.78, 5) is 0. The second kappa shape index (κ2) is 6.06. The number of sulfonamides is 1. The number of alkyl halides is 3. The Balaban J connectivity index is 2.17. The van der Waals surface area contributed by atoms with Crippen molar-refractivity contribution in [2.24, 2.45) is 0 Å². The zero-order valence-corrected chi connectivity index (χ0v) is 13.9. The Bertz CT molecular complexity index is 788. The highest BCUT2D eigenvalue weighted by molar-refractivity contribution is 7.91. The minimum atomic E-state index is -4.55. The largest absolute Gasteiger partial charge is 0.416 e. The lowest BCUT2D eigenvalue weighted by Gasteiger charge is -2.17. The van der Waals surface area contributed by atoms with Crippen molar-refractivity contribution in [1.82, 2.24) is 4.31 Å². The molecule has 0 bridgehead atoms. The minimum Gasteiger partial charge on any atom is -0.229 e. The van der Waals surface area contributed by atoms with Crippen LogP contribution in [-0.4, -0.2) is 45.7 Å². The van der Waals surface area contributed by atoms with E-state index < -0.39 is 42.6 Å². The highest BCUT2D eigenvalue weighted by Gasteiger charge is 2.36. The first-order valence-corrected chi connectivity index (χ1v) is 10.3. The van der Waals surface area contributed by atoms with Gasteiger partial charge >= 0.3 is 6.18 Å². The average molecular weight is 371 g/mol. The number of hydrogen-bond donors (Lipinski definition) is 0. The molecule has 0 radical (unpaired) electrons. The van der Waals surface area contributed by atoms with Crippen LogP contribution in [0.15, 0.2) is 24.3 Å². The smallest absolute Gasteiger partial charge is 0.229 e. The van der Waals surface area contributed by atoms with Crippen LogP contribution in [0.2, 0.25) is 0 Å². The molecule has 130 valence electrons. The summed E-state index contributed by atoms with van der Waals surface area (Å²) in [6, 6.07) is 4.11. The third-order valence-corrected chi connectivity index (χ3v) is 7.12. The van der Waals surface area contributed by atoms with E-state index in [0.717, 1.165) is 28.8 Å². The molecule has 10 heteroatoms. The summed E-state index contributed by atoms with van der Waals surface area (Å²) in [6.45, 7) is -0.0981. The van der Waals surface area contributed by atoms with Gasteiger partial charge in [-0.25, -0.2) is 21.1 Å². The quantitative estimate of drug-likeness (QED) is 0.807. The molecule has 1 fully saturated rings. The average Bonchev–Trinajstić information content (AvgIpc) is 2.87. The molecule has 1 aliphatic rings. The predicted octanol–water partition coefficient (Wildman–Crippen LogP) is 1.65. The Kier molecular flexibility index (Phi) is 4.80. The summed E-state index contributed by atoms with van der Waals surface area (Å²) in [7, 11) is -7.22. The van der Waals surface area contributed by atoms with Gasteiger partial charge in [0.25, 0.3) is 0 Å². The molecule has 0 aliphatic carbocycles. The van der Waals surface area contributed by atoms with E-state index in [2.05, 4.69) is 0 Å². The highest BCUT2D eigenvalue weighted by atomic mass is 32.2. The fraction of sp³-hybridized carbons (Fsp3) is 0.538. The van der Waals surface area contributed by atoms with Crippen LogP contribution in [0.3, 0.4) is 0 Å². The predicted molar refractivity (Wildman–Crippen MR) is 78.9 cm³/mol. The van der Waals surface area contributed by atoms with E-state index >= 15 is 0 Å². The molecule has 1 heterocycles. The molecule has 1 saturated heterocycles. The molecule has 1 unspecified atom stereocenters. The van der Waals surface area contributed by atoms with Crippen LogP contribution in [0.25, 0.3) is 0 Å². The molecule has 5 nitrogen and oxygen atoms in total. The van der Waals surface area contributed by atoms with Gasteiger partial charge in [0.2, 0.25) is 10.0 Å². The standard InChI is InChI=1S/C13H16F3NO4S2/c1-22(18,19)12-5-6-17(8-12)23(20,21)9-10-3-2-4-11(7-10)13(14,15)16/h2-4,7,12H,5-6,8-9H2,1H3. The summed E-state index contributed by atoms with van der Waals surface area (Å²) in [5, 5.41) is -0.765. The van der Waals surface area contributed by atoms with Crippen LogP contribution in [-0.2, 0) is 31.8 Å². The fourth-order valence-corrected chi connectivity index (χ4v) is 5.09. The lowest BCUT2D eigenvalue weighted by molar-refractivity contribution is -0.137. The van der Waals surface area contributed by atoms with Gasteiger partial charge in [-0.1, -0.05) is 18.2 Å². The van der Waals surface area contributed by atoms with Gasteiger partial charge in [0.05, 0.1) is 16.6 Å². The summed E-state index contributed by atoms with van der Waals surface area (Å²) in [6.07, 6.45) is -3.31. The maximum absolute atomic E-state index is 12.7. The Morgan fingerprint density at radius 2 is 1.87 bits per heavy atom. The van der Waals surface area contributed by atoms with Gasteiger partial charge < -0.3 is 0 Å². The SMILES string of the molecule is CS(=O)(=O)C1CCN(S(=O)(=O)Cc2cccc(C(F)(F)F)c2)C1. The van der Waals surface area contributed by atoms with Gasteiger partial charge in [0.1, 0.15) is 0 Å². The molecule has 2 rings (SSSR count). The molecule has 0 amide bonds. The molecular formula is C13H16F3NO4S2. The number of rotatable bonds is 4. The fourth-order valence-electron chi connectivity index (χ4n) is 2.44. The Morgan fingerprint density at radius 3 is 2.39 bits per heavy atom. The van der Waals surface area contributed by atoms with Crippen LogP contribution in [0, 0.1) is 0 Å². The van der Waals surface area contributed by atoms with E-state index in [9.17, 15) is 30.0 Å². The van der Waals surface area contributed by atoms with Crippen molar-refractivity contribution in [1.29, 1.82) is 0 Å². The molecule has 0 saturated carbocycles. The first kappa shape index (κ1) is 18.2. The van der Waals surface area contributed by atoms with Crippen molar-refractivity contribution < 1.29 is 30.0 Å². The Labute approximate surface area is 133 Å². The van der Waals surface area contributed by atoms with E-state index in [1.807, 2.05) is 0 Å². The van der Waals surface area contributed by atoms with Crippen molar-refractivity contribution in [3.8, 4) is 0 Å². The van der Waals surface area contributed by atoms with Crippen LogP contribution < -0.4 is 0 Å². The van der Waals surface area contributed by atoms with Gasteiger partial charge in [-0.2, -0.15) is 13.2 Å². The minimum absolute atomic E-state index is 0.0163. The van der Waals surface area contributed by atoms with Crippen molar-refractivity contribution in [3.63, 3.8) is 0 Å². The van der Waals surface area contributed by atoms with Crippen molar-refractivity contribution >= 4 is 19.9 Å². The van der Waals surface area contributed by atoms with E-state index in [1.54, 1.807) is 0 Å². The van der Waals surface area contributed by atoms with Gasteiger partial charge in [-0.3, -0.25) is 0 Å². The summed E-state index contributed by atoms with van der Waals surface area (Å²) in [5.74, 6) is -0.590. The van der Waals surface area contributed by atoms with E-state index in [1.165, 1.54) is 6.07 Å².